The third-order valence-corrected chi connectivity index (χ3v) is 3.68. The second-order valence-electron chi connectivity index (χ2n) is 6.81. The Morgan fingerprint density at radius 1 is 1.60 bits per heavy atom. The lowest BCUT2D eigenvalue weighted by Crippen LogP contribution is -2.57. The number of rotatable bonds is 5. The zero-order chi connectivity index (χ0) is 15.6. The minimum absolute atomic E-state index is 0.166. The first-order chi connectivity index (χ1) is 9.07. The van der Waals surface area contributed by atoms with E-state index in [0.29, 0.717) is 13.0 Å². The van der Waals surface area contributed by atoms with E-state index in [9.17, 15) is 4.79 Å². The largest absolute Gasteiger partial charge is 0.465 e. The van der Waals surface area contributed by atoms with Gasteiger partial charge < -0.3 is 15.2 Å². The number of hydrogen-bond donors (Lipinski definition) is 1. The van der Waals surface area contributed by atoms with E-state index in [-0.39, 0.29) is 23.7 Å². The van der Waals surface area contributed by atoms with E-state index in [0.717, 1.165) is 13.1 Å². The van der Waals surface area contributed by atoms with Crippen molar-refractivity contribution in [3.05, 3.63) is 0 Å². The summed E-state index contributed by atoms with van der Waals surface area (Å²) in [6.45, 7) is 14.0. The van der Waals surface area contributed by atoms with Gasteiger partial charge in [0, 0.05) is 19.1 Å². The van der Waals surface area contributed by atoms with Crippen LogP contribution in [-0.4, -0.2) is 53.9 Å². The van der Waals surface area contributed by atoms with Crippen molar-refractivity contribution < 1.29 is 14.3 Å². The van der Waals surface area contributed by atoms with Crippen molar-refractivity contribution in [3.63, 3.8) is 0 Å². The topological polar surface area (TPSA) is 64.8 Å². The summed E-state index contributed by atoms with van der Waals surface area (Å²) in [7, 11) is 0. The molecular weight excluding hydrogens is 256 g/mol. The number of ether oxygens (including phenoxy) is 2. The Hall–Kier alpha value is -0.650. The molecule has 0 bridgehead atoms. The molecule has 0 aromatic heterocycles. The fraction of sp³-hybridized carbons (Fsp3) is 0.933. The first kappa shape index (κ1) is 17.4. The molecule has 1 rings (SSSR count). The first-order valence-corrected chi connectivity index (χ1v) is 7.45. The summed E-state index contributed by atoms with van der Waals surface area (Å²) in [6, 6.07) is 0.208. The van der Waals surface area contributed by atoms with Crippen LogP contribution in [-0.2, 0) is 14.3 Å². The summed E-state index contributed by atoms with van der Waals surface area (Å²) in [4.78, 5) is 14.2. The highest BCUT2D eigenvalue weighted by Gasteiger charge is 2.38. The molecule has 1 aliphatic heterocycles. The van der Waals surface area contributed by atoms with Gasteiger partial charge in [0.2, 0.25) is 0 Å². The SMILES string of the molecule is CCOC(=O)C(C)(N)CC(C)N1CC(C)OC(C)(C)C1. The van der Waals surface area contributed by atoms with Crippen molar-refractivity contribution in [1.29, 1.82) is 0 Å². The summed E-state index contributed by atoms with van der Waals surface area (Å²) in [6.07, 6.45) is 0.766. The predicted octanol–water partition coefficient (Wildman–Crippen LogP) is 1.54. The number of carbonyl (C=O) groups excluding carboxylic acids is 1. The van der Waals surface area contributed by atoms with Crippen LogP contribution >= 0.6 is 0 Å². The fourth-order valence-corrected chi connectivity index (χ4v) is 2.96. The van der Waals surface area contributed by atoms with Crippen LogP contribution in [0, 0.1) is 0 Å². The van der Waals surface area contributed by atoms with Crippen molar-refractivity contribution in [2.75, 3.05) is 19.7 Å². The van der Waals surface area contributed by atoms with Crippen molar-refractivity contribution in [3.8, 4) is 0 Å². The van der Waals surface area contributed by atoms with Crippen LogP contribution in [0.5, 0.6) is 0 Å². The molecular formula is C15H30N2O3. The van der Waals surface area contributed by atoms with Gasteiger partial charge in [-0.15, -0.1) is 0 Å². The minimum Gasteiger partial charge on any atom is -0.465 e. The number of carbonyl (C=O) groups is 1. The standard InChI is InChI=1S/C15H30N2O3/c1-7-19-13(18)15(6,16)8-11(2)17-9-12(3)20-14(4,5)10-17/h11-12H,7-10,16H2,1-6H3. The molecule has 0 spiro atoms. The van der Waals surface area contributed by atoms with E-state index < -0.39 is 5.54 Å². The van der Waals surface area contributed by atoms with Crippen LogP contribution in [0.1, 0.15) is 48.0 Å². The number of hydrogen-bond acceptors (Lipinski definition) is 5. The maximum atomic E-state index is 11.9. The Morgan fingerprint density at radius 3 is 2.70 bits per heavy atom. The Morgan fingerprint density at radius 2 is 2.20 bits per heavy atom. The fourth-order valence-electron chi connectivity index (χ4n) is 2.96. The van der Waals surface area contributed by atoms with Crippen LogP contribution in [0.3, 0.4) is 0 Å². The highest BCUT2D eigenvalue weighted by atomic mass is 16.5. The van der Waals surface area contributed by atoms with Crippen molar-refractivity contribution in [2.24, 2.45) is 5.73 Å². The lowest BCUT2D eigenvalue weighted by molar-refractivity contribution is -0.152. The summed E-state index contributed by atoms with van der Waals surface area (Å²) < 4.78 is 11.0. The zero-order valence-electron chi connectivity index (χ0n) is 13.7. The van der Waals surface area contributed by atoms with Crippen molar-refractivity contribution in [2.45, 2.75) is 71.2 Å². The molecule has 5 nitrogen and oxygen atoms in total. The van der Waals surface area contributed by atoms with Crippen LogP contribution < -0.4 is 5.73 Å². The Kier molecular flexibility index (Phi) is 5.58. The Labute approximate surface area is 122 Å². The van der Waals surface area contributed by atoms with Gasteiger partial charge in [-0.05, 0) is 48.0 Å². The molecule has 0 amide bonds. The lowest BCUT2D eigenvalue weighted by Gasteiger charge is -2.45. The van der Waals surface area contributed by atoms with Crippen LogP contribution in [0.15, 0.2) is 0 Å². The molecule has 5 heteroatoms. The quantitative estimate of drug-likeness (QED) is 0.777. The van der Waals surface area contributed by atoms with Gasteiger partial charge >= 0.3 is 5.97 Å². The van der Waals surface area contributed by atoms with Crippen LogP contribution in [0.4, 0.5) is 0 Å². The average molecular weight is 286 g/mol. The van der Waals surface area contributed by atoms with Crippen LogP contribution in [0.25, 0.3) is 0 Å². The van der Waals surface area contributed by atoms with Gasteiger partial charge in [-0.1, -0.05) is 0 Å². The minimum atomic E-state index is -0.943. The molecule has 2 N–H and O–H groups in total. The first-order valence-electron chi connectivity index (χ1n) is 7.45. The van der Waals surface area contributed by atoms with Gasteiger partial charge in [-0.3, -0.25) is 9.69 Å². The predicted molar refractivity (Wildman–Crippen MR) is 79.5 cm³/mol. The van der Waals surface area contributed by atoms with Crippen molar-refractivity contribution >= 4 is 5.97 Å². The van der Waals surface area contributed by atoms with E-state index in [1.807, 2.05) is 0 Å². The van der Waals surface area contributed by atoms with E-state index in [4.69, 9.17) is 15.2 Å². The third kappa shape index (κ3) is 4.72. The summed E-state index contributed by atoms with van der Waals surface area (Å²) >= 11 is 0. The zero-order valence-corrected chi connectivity index (χ0v) is 13.7. The van der Waals surface area contributed by atoms with Crippen LogP contribution in [0.2, 0.25) is 0 Å². The maximum absolute atomic E-state index is 11.9. The van der Waals surface area contributed by atoms with Gasteiger partial charge in [0.05, 0.1) is 18.3 Å². The number of nitrogens with two attached hydrogens (primary N) is 1. The van der Waals surface area contributed by atoms with E-state index in [1.165, 1.54) is 0 Å². The summed E-state index contributed by atoms with van der Waals surface area (Å²) in [5, 5.41) is 0. The van der Waals surface area contributed by atoms with Gasteiger partial charge in [0.1, 0.15) is 5.54 Å². The molecule has 1 saturated heterocycles. The molecule has 0 aromatic rings. The molecule has 1 heterocycles. The second kappa shape index (κ2) is 6.41. The van der Waals surface area contributed by atoms with Gasteiger partial charge in [-0.25, -0.2) is 0 Å². The molecule has 20 heavy (non-hydrogen) atoms. The molecule has 0 aliphatic carbocycles. The van der Waals surface area contributed by atoms with Gasteiger partial charge in [0.15, 0.2) is 0 Å². The Balaban J connectivity index is 2.65. The van der Waals surface area contributed by atoms with Gasteiger partial charge in [0.25, 0.3) is 0 Å². The number of esters is 1. The smallest absolute Gasteiger partial charge is 0.325 e. The highest BCUT2D eigenvalue weighted by molar-refractivity contribution is 5.80. The third-order valence-electron chi connectivity index (χ3n) is 3.68. The molecule has 1 fully saturated rings. The van der Waals surface area contributed by atoms with Gasteiger partial charge in [-0.2, -0.15) is 0 Å². The molecule has 0 radical (unpaired) electrons. The molecule has 0 saturated carbocycles. The average Bonchev–Trinajstić information content (AvgIpc) is 2.25. The summed E-state index contributed by atoms with van der Waals surface area (Å²) in [5.74, 6) is -0.326. The molecule has 1 aliphatic rings. The highest BCUT2D eigenvalue weighted by Crippen LogP contribution is 2.25. The van der Waals surface area contributed by atoms with E-state index in [2.05, 4.69) is 32.6 Å². The normalized spacial score (nSPS) is 27.6. The molecule has 3 unspecified atom stereocenters. The second-order valence-corrected chi connectivity index (χ2v) is 6.81. The molecule has 118 valence electrons. The van der Waals surface area contributed by atoms with Crippen molar-refractivity contribution in [1.82, 2.24) is 4.90 Å². The monoisotopic (exact) mass is 286 g/mol. The number of morpholine rings is 1. The maximum Gasteiger partial charge on any atom is 0.325 e. The number of nitrogens with zero attached hydrogens (tertiary/aromatic N) is 1. The molecule has 0 aromatic carbocycles. The van der Waals surface area contributed by atoms with E-state index >= 15 is 0 Å². The Bertz CT molecular complexity index is 342. The lowest BCUT2D eigenvalue weighted by atomic mass is 9.92. The van der Waals surface area contributed by atoms with E-state index in [1.54, 1.807) is 13.8 Å². The molecule has 3 atom stereocenters. The summed E-state index contributed by atoms with van der Waals surface area (Å²) in [5.41, 5.74) is 5.01.